The van der Waals surface area contributed by atoms with Crippen molar-refractivity contribution >= 4 is 34.8 Å². The second-order valence-electron chi connectivity index (χ2n) is 3.99. The van der Waals surface area contributed by atoms with E-state index in [1.807, 2.05) is 4.98 Å². The highest BCUT2D eigenvalue weighted by atomic mass is 35.5. The first-order valence-corrected chi connectivity index (χ1v) is 6.23. The fourth-order valence-corrected chi connectivity index (χ4v) is 1.94. The molecular formula is C12H9Cl2N3O3. The van der Waals surface area contributed by atoms with Gasteiger partial charge in [-0.15, -0.1) is 0 Å². The minimum Gasteiger partial charge on any atom is -0.322 e. The normalized spacial score (nSPS) is 10.3. The zero-order chi connectivity index (χ0) is 14.9. The maximum atomic E-state index is 12.0. The van der Waals surface area contributed by atoms with Gasteiger partial charge < -0.3 is 10.3 Å². The van der Waals surface area contributed by atoms with Gasteiger partial charge >= 0.3 is 5.69 Å². The third-order valence-corrected chi connectivity index (χ3v) is 3.27. The monoisotopic (exact) mass is 313 g/mol. The van der Waals surface area contributed by atoms with Crippen molar-refractivity contribution in [3.63, 3.8) is 0 Å². The molecule has 0 saturated carbocycles. The van der Waals surface area contributed by atoms with Crippen LogP contribution in [-0.2, 0) is 0 Å². The van der Waals surface area contributed by atoms with E-state index in [4.69, 9.17) is 23.2 Å². The van der Waals surface area contributed by atoms with Crippen molar-refractivity contribution in [1.82, 2.24) is 9.97 Å². The molecule has 1 aromatic heterocycles. The van der Waals surface area contributed by atoms with E-state index in [1.165, 1.54) is 19.1 Å². The summed E-state index contributed by atoms with van der Waals surface area (Å²) in [4.78, 5) is 39.1. The van der Waals surface area contributed by atoms with Gasteiger partial charge in [-0.2, -0.15) is 0 Å². The van der Waals surface area contributed by atoms with Gasteiger partial charge in [-0.05, 0) is 25.1 Å². The molecule has 0 aliphatic rings. The SMILES string of the molecule is Cc1[nH]c(=O)[nH]c(=O)c1C(=O)Nc1ccc(Cl)c(Cl)c1. The Kier molecular flexibility index (Phi) is 3.96. The highest BCUT2D eigenvalue weighted by molar-refractivity contribution is 6.42. The van der Waals surface area contributed by atoms with Crippen molar-refractivity contribution in [3.05, 3.63) is 60.3 Å². The van der Waals surface area contributed by atoms with Crippen LogP contribution in [0.3, 0.4) is 0 Å². The molecule has 0 atom stereocenters. The number of H-pyrrole nitrogens is 2. The molecule has 1 heterocycles. The summed E-state index contributed by atoms with van der Waals surface area (Å²) in [6.45, 7) is 1.46. The molecule has 1 aromatic carbocycles. The predicted octanol–water partition coefficient (Wildman–Crippen LogP) is 1.93. The summed E-state index contributed by atoms with van der Waals surface area (Å²) in [6, 6.07) is 4.52. The van der Waals surface area contributed by atoms with Gasteiger partial charge in [0.2, 0.25) is 0 Å². The highest BCUT2D eigenvalue weighted by Crippen LogP contribution is 2.25. The third kappa shape index (κ3) is 2.92. The van der Waals surface area contributed by atoms with E-state index in [-0.39, 0.29) is 16.3 Å². The molecule has 3 N–H and O–H groups in total. The lowest BCUT2D eigenvalue weighted by Crippen LogP contribution is -2.32. The number of nitrogens with one attached hydrogen (secondary N) is 3. The number of aromatic nitrogens is 2. The van der Waals surface area contributed by atoms with E-state index >= 15 is 0 Å². The lowest BCUT2D eigenvalue weighted by atomic mass is 10.2. The molecule has 1 amide bonds. The van der Waals surface area contributed by atoms with Crippen LogP contribution in [0.1, 0.15) is 16.1 Å². The van der Waals surface area contributed by atoms with Gasteiger partial charge in [-0.25, -0.2) is 4.79 Å². The molecule has 2 rings (SSSR count). The molecule has 0 radical (unpaired) electrons. The van der Waals surface area contributed by atoms with Crippen LogP contribution in [0.2, 0.25) is 10.0 Å². The quantitative estimate of drug-likeness (QED) is 0.790. The first-order valence-electron chi connectivity index (χ1n) is 5.48. The van der Waals surface area contributed by atoms with Crippen LogP contribution >= 0.6 is 23.2 Å². The van der Waals surface area contributed by atoms with E-state index in [9.17, 15) is 14.4 Å². The number of halogens is 2. The number of hydrogen-bond donors (Lipinski definition) is 3. The van der Waals surface area contributed by atoms with Crippen molar-refractivity contribution in [1.29, 1.82) is 0 Å². The number of carbonyl (C=O) groups is 1. The largest absolute Gasteiger partial charge is 0.325 e. The van der Waals surface area contributed by atoms with Crippen LogP contribution in [0, 0.1) is 6.92 Å². The average Bonchev–Trinajstić information content (AvgIpc) is 2.32. The van der Waals surface area contributed by atoms with Gasteiger partial charge in [-0.3, -0.25) is 14.6 Å². The molecule has 2 aromatic rings. The summed E-state index contributed by atoms with van der Waals surface area (Å²) in [7, 11) is 0. The van der Waals surface area contributed by atoms with Crippen molar-refractivity contribution in [2.24, 2.45) is 0 Å². The molecular weight excluding hydrogens is 305 g/mol. The number of hydrogen-bond acceptors (Lipinski definition) is 3. The zero-order valence-electron chi connectivity index (χ0n) is 10.2. The van der Waals surface area contributed by atoms with Crippen LogP contribution in [-0.4, -0.2) is 15.9 Å². The van der Waals surface area contributed by atoms with E-state index in [2.05, 4.69) is 10.3 Å². The Balaban J connectivity index is 2.36. The van der Waals surface area contributed by atoms with Gasteiger partial charge in [0.15, 0.2) is 0 Å². The fraction of sp³-hybridized carbons (Fsp3) is 0.0833. The molecule has 20 heavy (non-hydrogen) atoms. The highest BCUT2D eigenvalue weighted by Gasteiger charge is 2.15. The Hall–Kier alpha value is -2.05. The van der Waals surface area contributed by atoms with E-state index in [1.54, 1.807) is 6.07 Å². The first-order chi connectivity index (χ1) is 9.38. The van der Waals surface area contributed by atoms with Gasteiger partial charge in [0.05, 0.1) is 10.0 Å². The summed E-state index contributed by atoms with van der Waals surface area (Å²) in [6.07, 6.45) is 0. The van der Waals surface area contributed by atoms with Crippen LogP contribution in [0.4, 0.5) is 5.69 Å². The van der Waals surface area contributed by atoms with Gasteiger partial charge in [-0.1, -0.05) is 23.2 Å². The van der Waals surface area contributed by atoms with Crippen molar-refractivity contribution in [2.45, 2.75) is 6.92 Å². The second kappa shape index (κ2) is 5.52. The molecule has 6 nitrogen and oxygen atoms in total. The summed E-state index contributed by atoms with van der Waals surface area (Å²) in [5.41, 5.74) is -1.04. The van der Waals surface area contributed by atoms with Crippen LogP contribution in [0.25, 0.3) is 0 Å². The van der Waals surface area contributed by atoms with E-state index < -0.39 is 17.2 Å². The molecule has 0 fully saturated rings. The number of aromatic amines is 2. The van der Waals surface area contributed by atoms with Crippen molar-refractivity contribution < 1.29 is 4.79 Å². The van der Waals surface area contributed by atoms with Crippen LogP contribution in [0.5, 0.6) is 0 Å². The molecule has 0 unspecified atom stereocenters. The third-order valence-electron chi connectivity index (χ3n) is 2.53. The Morgan fingerprint density at radius 3 is 2.45 bits per heavy atom. The number of carbonyl (C=O) groups excluding carboxylic acids is 1. The topological polar surface area (TPSA) is 94.8 Å². The summed E-state index contributed by atoms with van der Waals surface area (Å²) in [5, 5.41) is 3.13. The Morgan fingerprint density at radius 1 is 1.15 bits per heavy atom. The number of rotatable bonds is 2. The van der Waals surface area contributed by atoms with Gasteiger partial charge in [0.1, 0.15) is 5.56 Å². The maximum absolute atomic E-state index is 12.0. The average molecular weight is 314 g/mol. The zero-order valence-corrected chi connectivity index (χ0v) is 11.7. The Morgan fingerprint density at radius 2 is 1.85 bits per heavy atom. The minimum atomic E-state index is -0.760. The fourth-order valence-electron chi connectivity index (χ4n) is 1.64. The Bertz CT molecular complexity index is 795. The van der Waals surface area contributed by atoms with Crippen molar-refractivity contribution in [2.75, 3.05) is 5.32 Å². The van der Waals surface area contributed by atoms with E-state index in [0.717, 1.165) is 0 Å². The summed E-state index contributed by atoms with van der Waals surface area (Å²) in [5.74, 6) is -0.654. The lowest BCUT2D eigenvalue weighted by Gasteiger charge is -2.07. The molecule has 8 heteroatoms. The lowest BCUT2D eigenvalue weighted by molar-refractivity contribution is 0.102. The van der Waals surface area contributed by atoms with E-state index in [0.29, 0.717) is 10.7 Å². The molecule has 0 spiro atoms. The van der Waals surface area contributed by atoms with Gasteiger partial charge in [0.25, 0.3) is 11.5 Å². The molecule has 0 bridgehead atoms. The van der Waals surface area contributed by atoms with Crippen LogP contribution < -0.4 is 16.6 Å². The number of anilines is 1. The smallest absolute Gasteiger partial charge is 0.322 e. The van der Waals surface area contributed by atoms with Crippen LogP contribution in [0.15, 0.2) is 27.8 Å². The van der Waals surface area contributed by atoms with Crippen molar-refractivity contribution in [3.8, 4) is 0 Å². The summed E-state index contributed by atoms with van der Waals surface area (Å²) >= 11 is 11.6. The Labute approximate surface area is 122 Å². The molecule has 0 aliphatic heterocycles. The molecule has 104 valence electrons. The maximum Gasteiger partial charge on any atom is 0.325 e. The summed E-state index contributed by atoms with van der Waals surface area (Å²) < 4.78 is 0. The standard InChI is InChI=1S/C12H9Cl2N3O3/c1-5-9(11(19)17-12(20)15-5)10(18)16-6-2-3-7(13)8(14)4-6/h2-4H,1H3,(H,16,18)(H2,15,17,19,20). The number of aryl methyl sites for hydroxylation is 1. The molecule has 0 saturated heterocycles. The first kappa shape index (κ1) is 14.4. The predicted molar refractivity (Wildman–Crippen MR) is 76.8 cm³/mol. The van der Waals surface area contributed by atoms with Gasteiger partial charge in [0, 0.05) is 11.4 Å². The second-order valence-corrected chi connectivity index (χ2v) is 4.81. The number of benzene rings is 1. The molecule has 0 aliphatic carbocycles. The minimum absolute atomic E-state index is 0.171. The number of amides is 1.